The van der Waals surface area contributed by atoms with Gasteiger partial charge in [-0.05, 0) is 36.1 Å². The van der Waals surface area contributed by atoms with E-state index in [1.54, 1.807) is 34.4 Å². The summed E-state index contributed by atoms with van der Waals surface area (Å²) >= 11 is 1.59. The molecule has 1 aliphatic heterocycles. The van der Waals surface area contributed by atoms with Gasteiger partial charge in [0.05, 0.1) is 10.6 Å². The van der Waals surface area contributed by atoms with Crippen LogP contribution in [0, 0.1) is 0 Å². The van der Waals surface area contributed by atoms with E-state index in [-0.39, 0.29) is 11.9 Å². The first kappa shape index (κ1) is 16.3. The molecular formula is C18H17N5O2S. The van der Waals surface area contributed by atoms with E-state index < -0.39 is 0 Å². The van der Waals surface area contributed by atoms with Crippen molar-refractivity contribution in [1.82, 2.24) is 10.2 Å². The van der Waals surface area contributed by atoms with Crippen LogP contribution in [-0.2, 0) is 4.79 Å². The van der Waals surface area contributed by atoms with Crippen molar-refractivity contribution in [3.8, 4) is 10.6 Å². The van der Waals surface area contributed by atoms with Crippen LogP contribution in [0.4, 0.5) is 22.0 Å². The number of aromatic amines is 1. The van der Waals surface area contributed by atoms with Crippen LogP contribution < -0.4 is 15.5 Å². The van der Waals surface area contributed by atoms with Crippen molar-refractivity contribution in [3.63, 3.8) is 0 Å². The van der Waals surface area contributed by atoms with Crippen molar-refractivity contribution in [2.45, 2.75) is 12.8 Å². The number of benzene rings is 1. The van der Waals surface area contributed by atoms with E-state index in [9.17, 15) is 9.59 Å². The van der Waals surface area contributed by atoms with Crippen molar-refractivity contribution in [2.24, 2.45) is 0 Å². The van der Waals surface area contributed by atoms with E-state index in [1.807, 2.05) is 29.6 Å². The molecule has 4 rings (SSSR count). The molecule has 7 nitrogen and oxygen atoms in total. The Morgan fingerprint density at radius 3 is 2.88 bits per heavy atom. The number of carbonyl (C=O) groups excluding carboxylic acids is 2. The second-order valence-corrected chi connectivity index (χ2v) is 6.87. The molecule has 0 bridgehead atoms. The molecular weight excluding hydrogens is 350 g/mol. The smallest absolute Gasteiger partial charge is 0.312 e. The highest BCUT2D eigenvalue weighted by atomic mass is 32.1. The zero-order chi connectivity index (χ0) is 17.9. The number of nitrogens with one attached hydrogen (secondary N) is 3. The monoisotopic (exact) mass is 367 g/mol. The quantitative estimate of drug-likeness (QED) is 0.653. The van der Waals surface area contributed by atoms with Gasteiger partial charge in [0.25, 0.3) is 0 Å². The van der Waals surface area contributed by atoms with Gasteiger partial charge in [-0.25, -0.2) is 4.79 Å². The van der Waals surface area contributed by atoms with Crippen LogP contribution in [0.15, 0.2) is 47.8 Å². The van der Waals surface area contributed by atoms with Crippen LogP contribution in [0.2, 0.25) is 0 Å². The lowest BCUT2D eigenvalue weighted by Crippen LogP contribution is -2.24. The molecule has 0 atom stereocenters. The van der Waals surface area contributed by atoms with Crippen LogP contribution in [-0.4, -0.2) is 28.7 Å². The van der Waals surface area contributed by atoms with E-state index in [2.05, 4.69) is 20.8 Å². The molecule has 2 aromatic heterocycles. The van der Waals surface area contributed by atoms with Gasteiger partial charge in [0.2, 0.25) is 5.91 Å². The Balaban J connectivity index is 1.41. The molecule has 0 unspecified atom stereocenters. The zero-order valence-corrected chi connectivity index (χ0v) is 14.7. The fraction of sp³-hybridized carbons (Fsp3) is 0.167. The third-order valence-electron chi connectivity index (χ3n) is 4.10. The van der Waals surface area contributed by atoms with Crippen LogP contribution >= 0.6 is 11.3 Å². The van der Waals surface area contributed by atoms with Gasteiger partial charge in [-0.15, -0.1) is 11.3 Å². The Bertz CT molecular complexity index is 935. The predicted molar refractivity (Wildman–Crippen MR) is 103 cm³/mol. The summed E-state index contributed by atoms with van der Waals surface area (Å²) in [5.74, 6) is 0.556. The maximum Gasteiger partial charge on any atom is 0.324 e. The van der Waals surface area contributed by atoms with Gasteiger partial charge in [-0.3, -0.25) is 15.2 Å². The summed E-state index contributed by atoms with van der Waals surface area (Å²) in [4.78, 5) is 26.9. The topological polar surface area (TPSA) is 90.1 Å². The van der Waals surface area contributed by atoms with Gasteiger partial charge >= 0.3 is 6.03 Å². The Morgan fingerprint density at radius 2 is 2.12 bits per heavy atom. The average molecular weight is 367 g/mol. The zero-order valence-electron chi connectivity index (χ0n) is 13.9. The van der Waals surface area contributed by atoms with Gasteiger partial charge in [-0.2, -0.15) is 5.10 Å². The third-order valence-corrected chi connectivity index (χ3v) is 5.00. The number of anilines is 3. The molecule has 1 aromatic carbocycles. The minimum absolute atomic E-state index is 0.115. The molecule has 3 aromatic rings. The number of H-pyrrole nitrogens is 1. The number of amides is 3. The van der Waals surface area contributed by atoms with Crippen LogP contribution in [0.25, 0.3) is 10.6 Å². The largest absolute Gasteiger partial charge is 0.324 e. The number of rotatable bonds is 4. The molecule has 0 radical (unpaired) electrons. The Hall–Kier alpha value is -3.13. The van der Waals surface area contributed by atoms with Crippen LogP contribution in [0.3, 0.4) is 0 Å². The van der Waals surface area contributed by atoms with Crippen molar-refractivity contribution in [1.29, 1.82) is 0 Å². The fourth-order valence-corrected chi connectivity index (χ4v) is 3.59. The summed E-state index contributed by atoms with van der Waals surface area (Å²) in [5.41, 5.74) is 2.27. The highest BCUT2D eigenvalue weighted by Gasteiger charge is 2.21. The third kappa shape index (κ3) is 3.45. The molecule has 0 saturated carbocycles. The van der Waals surface area contributed by atoms with Crippen LogP contribution in [0.5, 0.6) is 0 Å². The minimum Gasteiger partial charge on any atom is -0.312 e. The average Bonchev–Trinajstić information content (AvgIpc) is 3.35. The molecule has 1 saturated heterocycles. The standard InChI is InChI=1S/C18H17N5O2S/c24-17-7-2-8-23(17)13-5-1-4-12(10-13)19-18(25)20-16-11-14(21-22-16)15-6-3-9-26-15/h1,3-6,9-11H,2,7-8H2,(H3,19,20,21,22,25). The van der Waals surface area contributed by atoms with Crippen molar-refractivity contribution in [3.05, 3.63) is 47.8 Å². The normalized spacial score (nSPS) is 13.8. The van der Waals surface area contributed by atoms with E-state index in [0.717, 1.165) is 22.7 Å². The highest BCUT2D eigenvalue weighted by molar-refractivity contribution is 7.13. The van der Waals surface area contributed by atoms with Gasteiger partial charge in [0, 0.05) is 30.4 Å². The lowest BCUT2D eigenvalue weighted by atomic mass is 10.2. The van der Waals surface area contributed by atoms with Gasteiger partial charge in [-0.1, -0.05) is 12.1 Å². The summed E-state index contributed by atoms with van der Waals surface area (Å²) in [6.45, 7) is 0.716. The number of urea groups is 1. The first-order valence-corrected chi connectivity index (χ1v) is 9.15. The number of hydrogen-bond donors (Lipinski definition) is 3. The van der Waals surface area contributed by atoms with Gasteiger partial charge < -0.3 is 10.2 Å². The van der Waals surface area contributed by atoms with Gasteiger partial charge in [0.1, 0.15) is 0 Å². The number of aromatic nitrogens is 2. The van der Waals surface area contributed by atoms with Crippen molar-refractivity contribution >= 4 is 40.5 Å². The van der Waals surface area contributed by atoms with Crippen LogP contribution in [0.1, 0.15) is 12.8 Å². The molecule has 0 aliphatic carbocycles. The first-order chi connectivity index (χ1) is 12.7. The second-order valence-electron chi connectivity index (χ2n) is 5.92. The molecule has 26 heavy (non-hydrogen) atoms. The summed E-state index contributed by atoms with van der Waals surface area (Å²) in [6.07, 6.45) is 1.44. The van der Waals surface area contributed by atoms with Gasteiger partial charge in [0.15, 0.2) is 5.82 Å². The second kappa shape index (κ2) is 7.01. The molecule has 1 fully saturated rings. The fourth-order valence-electron chi connectivity index (χ4n) is 2.90. The Kier molecular flexibility index (Phi) is 4.40. The SMILES string of the molecule is O=C(Nc1cccc(N2CCCC2=O)c1)Nc1cc(-c2cccs2)[nH]n1. The molecule has 3 N–H and O–H groups in total. The van der Waals surface area contributed by atoms with Crippen molar-refractivity contribution in [2.75, 3.05) is 22.1 Å². The predicted octanol–water partition coefficient (Wildman–Crippen LogP) is 3.91. The van der Waals surface area contributed by atoms with E-state index in [4.69, 9.17) is 0 Å². The highest BCUT2D eigenvalue weighted by Crippen LogP contribution is 2.25. The molecule has 1 aliphatic rings. The summed E-state index contributed by atoms with van der Waals surface area (Å²) in [5, 5.41) is 14.5. The molecule has 3 amide bonds. The van der Waals surface area contributed by atoms with E-state index in [1.165, 1.54) is 0 Å². The molecule has 8 heteroatoms. The number of nitrogens with zero attached hydrogens (tertiary/aromatic N) is 2. The first-order valence-electron chi connectivity index (χ1n) is 8.27. The molecule has 132 valence electrons. The Morgan fingerprint density at radius 1 is 1.19 bits per heavy atom. The molecule has 3 heterocycles. The number of hydrogen-bond acceptors (Lipinski definition) is 4. The van der Waals surface area contributed by atoms with Crippen molar-refractivity contribution < 1.29 is 9.59 Å². The number of thiophene rings is 1. The summed E-state index contributed by atoms with van der Waals surface area (Å²) in [6, 6.07) is 12.6. The minimum atomic E-state index is -0.390. The lowest BCUT2D eigenvalue weighted by molar-refractivity contribution is -0.117. The van der Waals surface area contributed by atoms with E-state index >= 15 is 0 Å². The summed E-state index contributed by atoms with van der Waals surface area (Å²) in [7, 11) is 0. The maximum atomic E-state index is 12.2. The molecule has 0 spiro atoms. The number of carbonyl (C=O) groups is 2. The maximum absolute atomic E-state index is 12.2. The van der Waals surface area contributed by atoms with E-state index in [0.29, 0.717) is 24.5 Å². The summed E-state index contributed by atoms with van der Waals surface area (Å²) < 4.78 is 0. The lowest BCUT2D eigenvalue weighted by Gasteiger charge is -2.16. The Labute approximate surface area is 154 Å².